The molecular formula is C17H31N3. The first kappa shape index (κ1) is 15.8. The number of hydrogen-bond acceptors (Lipinski definition) is 3. The standard InChI is InChI=1S/C17H31N3/c1-4-14(5-2)12-20(6-3)16-9-10-17(11-16,13-18)19-15-7-8-15/h14-16,19H,4-12H2,1-3H3. The van der Waals surface area contributed by atoms with Gasteiger partial charge in [0.2, 0.25) is 0 Å². The molecule has 0 heterocycles. The predicted octanol–water partition coefficient (Wildman–Crippen LogP) is 3.31. The molecule has 3 heteroatoms. The van der Waals surface area contributed by atoms with Crippen LogP contribution in [0.4, 0.5) is 0 Å². The molecule has 0 radical (unpaired) electrons. The van der Waals surface area contributed by atoms with Crippen molar-refractivity contribution in [3.05, 3.63) is 0 Å². The third-order valence-corrected chi connectivity index (χ3v) is 5.33. The van der Waals surface area contributed by atoms with Gasteiger partial charge in [-0.1, -0.05) is 33.6 Å². The molecule has 0 aromatic carbocycles. The van der Waals surface area contributed by atoms with E-state index in [1.165, 1.54) is 38.6 Å². The smallest absolute Gasteiger partial charge is 0.108 e. The van der Waals surface area contributed by atoms with E-state index in [-0.39, 0.29) is 5.54 Å². The molecule has 1 N–H and O–H groups in total. The molecule has 2 atom stereocenters. The van der Waals surface area contributed by atoms with Crippen molar-refractivity contribution in [2.24, 2.45) is 5.92 Å². The average molecular weight is 277 g/mol. The van der Waals surface area contributed by atoms with Crippen LogP contribution >= 0.6 is 0 Å². The molecule has 2 fully saturated rings. The predicted molar refractivity (Wildman–Crippen MR) is 83.5 cm³/mol. The van der Waals surface area contributed by atoms with Crippen LogP contribution in [0.5, 0.6) is 0 Å². The van der Waals surface area contributed by atoms with Gasteiger partial charge in [-0.3, -0.25) is 5.32 Å². The van der Waals surface area contributed by atoms with E-state index in [2.05, 4.69) is 37.1 Å². The lowest BCUT2D eigenvalue weighted by molar-refractivity contribution is 0.167. The van der Waals surface area contributed by atoms with Crippen molar-refractivity contribution in [3.63, 3.8) is 0 Å². The van der Waals surface area contributed by atoms with Gasteiger partial charge in [-0.05, 0) is 44.6 Å². The molecule has 0 aromatic rings. The third kappa shape index (κ3) is 3.74. The van der Waals surface area contributed by atoms with Crippen LogP contribution in [0, 0.1) is 17.2 Å². The van der Waals surface area contributed by atoms with Crippen molar-refractivity contribution < 1.29 is 0 Å². The van der Waals surface area contributed by atoms with E-state index in [0.717, 1.165) is 25.3 Å². The summed E-state index contributed by atoms with van der Waals surface area (Å²) in [5, 5.41) is 13.2. The Morgan fingerprint density at radius 1 is 1.25 bits per heavy atom. The van der Waals surface area contributed by atoms with Crippen LogP contribution in [0.15, 0.2) is 0 Å². The molecule has 2 aliphatic carbocycles. The van der Waals surface area contributed by atoms with Gasteiger partial charge in [0.15, 0.2) is 0 Å². The van der Waals surface area contributed by atoms with Gasteiger partial charge in [0.1, 0.15) is 5.54 Å². The fraction of sp³-hybridized carbons (Fsp3) is 0.941. The normalized spacial score (nSPS) is 30.1. The zero-order valence-corrected chi connectivity index (χ0v) is 13.5. The van der Waals surface area contributed by atoms with Crippen molar-refractivity contribution >= 4 is 0 Å². The average Bonchev–Trinajstić information content (AvgIpc) is 3.18. The molecule has 0 saturated heterocycles. The van der Waals surface area contributed by atoms with Gasteiger partial charge < -0.3 is 4.90 Å². The maximum atomic E-state index is 9.61. The summed E-state index contributed by atoms with van der Waals surface area (Å²) in [6, 6.07) is 3.83. The molecule has 0 spiro atoms. The Labute approximate surface area is 124 Å². The molecule has 0 aliphatic heterocycles. The highest BCUT2D eigenvalue weighted by Gasteiger charge is 2.44. The van der Waals surface area contributed by atoms with Crippen LogP contribution in [0.1, 0.15) is 65.7 Å². The Morgan fingerprint density at radius 2 is 1.95 bits per heavy atom. The highest BCUT2D eigenvalue weighted by atomic mass is 15.2. The Kier molecular flexibility index (Phi) is 5.46. The fourth-order valence-electron chi connectivity index (χ4n) is 3.63. The van der Waals surface area contributed by atoms with Crippen molar-refractivity contribution in [1.29, 1.82) is 5.26 Å². The van der Waals surface area contributed by atoms with E-state index in [9.17, 15) is 5.26 Å². The second-order valence-electron chi connectivity index (χ2n) is 6.78. The van der Waals surface area contributed by atoms with Crippen LogP contribution in [0.3, 0.4) is 0 Å². The van der Waals surface area contributed by atoms with E-state index >= 15 is 0 Å². The summed E-state index contributed by atoms with van der Waals surface area (Å²) in [6.45, 7) is 9.18. The third-order valence-electron chi connectivity index (χ3n) is 5.33. The number of nitrogens with one attached hydrogen (secondary N) is 1. The van der Waals surface area contributed by atoms with E-state index < -0.39 is 0 Å². The topological polar surface area (TPSA) is 39.1 Å². The Hall–Kier alpha value is -0.590. The van der Waals surface area contributed by atoms with Crippen LogP contribution in [0.2, 0.25) is 0 Å². The molecule has 3 nitrogen and oxygen atoms in total. The van der Waals surface area contributed by atoms with Gasteiger partial charge in [0.05, 0.1) is 6.07 Å². The first-order valence-corrected chi connectivity index (χ1v) is 8.59. The van der Waals surface area contributed by atoms with Crippen molar-refractivity contribution in [1.82, 2.24) is 10.2 Å². The van der Waals surface area contributed by atoms with Gasteiger partial charge >= 0.3 is 0 Å². The van der Waals surface area contributed by atoms with Gasteiger partial charge in [-0.15, -0.1) is 0 Å². The lowest BCUT2D eigenvalue weighted by Crippen LogP contribution is -2.45. The summed E-state index contributed by atoms with van der Waals surface area (Å²) >= 11 is 0. The Balaban J connectivity index is 1.93. The molecule has 2 saturated carbocycles. The second-order valence-corrected chi connectivity index (χ2v) is 6.78. The zero-order valence-electron chi connectivity index (χ0n) is 13.5. The monoisotopic (exact) mass is 277 g/mol. The van der Waals surface area contributed by atoms with Gasteiger partial charge in [-0.25, -0.2) is 0 Å². The largest absolute Gasteiger partial charge is 0.300 e. The molecule has 0 amide bonds. The van der Waals surface area contributed by atoms with Crippen molar-refractivity contribution in [2.45, 2.75) is 83.3 Å². The number of rotatable bonds is 8. The number of nitriles is 1. The molecular weight excluding hydrogens is 246 g/mol. The molecule has 0 aromatic heterocycles. The molecule has 114 valence electrons. The molecule has 0 bridgehead atoms. The maximum absolute atomic E-state index is 9.61. The van der Waals surface area contributed by atoms with E-state index in [0.29, 0.717) is 12.1 Å². The first-order valence-electron chi connectivity index (χ1n) is 8.59. The quantitative estimate of drug-likeness (QED) is 0.740. The van der Waals surface area contributed by atoms with E-state index in [4.69, 9.17) is 0 Å². The minimum Gasteiger partial charge on any atom is -0.300 e. The SMILES string of the molecule is CCC(CC)CN(CC)C1CCC(C#N)(NC2CC2)C1. The van der Waals surface area contributed by atoms with Gasteiger partial charge in [-0.2, -0.15) is 5.26 Å². The van der Waals surface area contributed by atoms with Crippen molar-refractivity contribution in [2.75, 3.05) is 13.1 Å². The Morgan fingerprint density at radius 3 is 2.45 bits per heavy atom. The minimum atomic E-state index is -0.229. The van der Waals surface area contributed by atoms with E-state index in [1.54, 1.807) is 0 Å². The molecule has 2 aliphatic rings. The fourth-order valence-corrected chi connectivity index (χ4v) is 3.63. The summed E-state index contributed by atoms with van der Waals surface area (Å²) in [4.78, 5) is 2.63. The second kappa shape index (κ2) is 6.91. The minimum absolute atomic E-state index is 0.229. The van der Waals surface area contributed by atoms with Gasteiger partial charge in [0, 0.05) is 18.6 Å². The number of nitrogens with zero attached hydrogens (tertiary/aromatic N) is 2. The molecule has 2 rings (SSSR count). The molecule has 20 heavy (non-hydrogen) atoms. The maximum Gasteiger partial charge on any atom is 0.108 e. The lowest BCUT2D eigenvalue weighted by atomic mass is 9.98. The summed E-state index contributed by atoms with van der Waals surface area (Å²) < 4.78 is 0. The summed E-state index contributed by atoms with van der Waals surface area (Å²) in [6.07, 6.45) is 8.30. The zero-order chi connectivity index (χ0) is 14.6. The number of hydrogen-bond donors (Lipinski definition) is 1. The lowest BCUT2D eigenvalue weighted by Gasteiger charge is -2.32. The summed E-state index contributed by atoms with van der Waals surface area (Å²) in [5.41, 5.74) is -0.229. The first-order chi connectivity index (χ1) is 9.66. The summed E-state index contributed by atoms with van der Waals surface area (Å²) in [5.74, 6) is 0.809. The van der Waals surface area contributed by atoms with Crippen LogP contribution in [-0.2, 0) is 0 Å². The molecule has 2 unspecified atom stereocenters. The van der Waals surface area contributed by atoms with Crippen molar-refractivity contribution in [3.8, 4) is 6.07 Å². The Bertz CT molecular complexity index is 341. The van der Waals surface area contributed by atoms with Crippen LogP contribution < -0.4 is 5.32 Å². The van der Waals surface area contributed by atoms with Crippen LogP contribution in [-0.4, -0.2) is 35.6 Å². The highest BCUT2D eigenvalue weighted by Crippen LogP contribution is 2.36. The van der Waals surface area contributed by atoms with E-state index in [1.807, 2.05) is 0 Å². The van der Waals surface area contributed by atoms with Crippen LogP contribution in [0.25, 0.3) is 0 Å². The van der Waals surface area contributed by atoms with Gasteiger partial charge in [0.25, 0.3) is 0 Å². The summed E-state index contributed by atoms with van der Waals surface area (Å²) in [7, 11) is 0. The highest BCUT2D eigenvalue weighted by molar-refractivity contribution is 5.15.